The number of β-amino-alcohol motifs (C(OH)–C–C–N with tert-alkyl or cyclic N) is 1. The molecule has 5 N–H and O–H groups in total. The lowest BCUT2D eigenvalue weighted by Crippen LogP contribution is -2.41. The molecule has 1 aliphatic rings. The van der Waals surface area contributed by atoms with Gasteiger partial charge in [-0.1, -0.05) is 0 Å². The first-order valence-electron chi connectivity index (χ1n) is 10.5. The predicted octanol–water partition coefficient (Wildman–Crippen LogP) is 2.38. The summed E-state index contributed by atoms with van der Waals surface area (Å²) in [5, 5.41) is 25.9. The van der Waals surface area contributed by atoms with Crippen LogP contribution in [0.15, 0.2) is 40.8 Å². The molecule has 35 heavy (non-hydrogen) atoms. The third-order valence-corrected chi connectivity index (χ3v) is 4.95. The smallest absolute Gasteiger partial charge is 0.405 e. The topological polar surface area (TPSA) is 144 Å². The quantitative estimate of drug-likeness (QED) is 0.294. The zero-order chi connectivity index (χ0) is 26.0. The van der Waals surface area contributed by atoms with Crippen LogP contribution < -0.4 is 16.0 Å². The number of oxazole rings is 1. The number of halogens is 3. The van der Waals surface area contributed by atoms with E-state index in [0.29, 0.717) is 11.1 Å². The summed E-state index contributed by atoms with van der Waals surface area (Å²) in [5.74, 6) is -1.52. The number of anilines is 1. The summed E-state index contributed by atoms with van der Waals surface area (Å²) >= 11 is 0. The van der Waals surface area contributed by atoms with Crippen LogP contribution in [-0.2, 0) is 4.79 Å². The second-order valence-corrected chi connectivity index (χ2v) is 8.40. The molecular formula is C22H25F3N6O4. The van der Waals surface area contributed by atoms with Crippen molar-refractivity contribution >= 4 is 23.3 Å². The van der Waals surface area contributed by atoms with Crippen LogP contribution in [-0.4, -0.2) is 64.6 Å². The number of aryl methyl sites for hydroxylation is 1. The normalized spacial score (nSPS) is 18.5. The van der Waals surface area contributed by atoms with Gasteiger partial charge >= 0.3 is 6.18 Å². The largest absolute Gasteiger partial charge is 0.444 e. The Morgan fingerprint density at radius 1 is 1.37 bits per heavy atom. The number of hydrogen-bond acceptors (Lipinski definition) is 8. The fourth-order valence-electron chi connectivity index (χ4n) is 3.47. The average molecular weight is 494 g/mol. The van der Waals surface area contributed by atoms with Crippen molar-refractivity contribution in [3.05, 3.63) is 47.6 Å². The number of likely N-dealkylation sites (tertiary alicyclic amines) is 1. The maximum Gasteiger partial charge on any atom is 0.405 e. The summed E-state index contributed by atoms with van der Waals surface area (Å²) < 4.78 is 43.0. The molecule has 1 unspecified atom stereocenters. The number of aromatic nitrogens is 1. The molecule has 1 aromatic carbocycles. The van der Waals surface area contributed by atoms with Crippen molar-refractivity contribution in [1.82, 2.24) is 20.5 Å². The highest BCUT2D eigenvalue weighted by Gasteiger charge is 2.40. The second-order valence-electron chi connectivity index (χ2n) is 8.40. The van der Waals surface area contributed by atoms with Gasteiger partial charge in [-0.15, -0.1) is 0 Å². The molecule has 0 saturated carbocycles. The average Bonchev–Trinajstić information content (AvgIpc) is 3.34. The molecule has 1 aliphatic heterocycles. The summed E-state index contributed by atoms with van der Waals surface area (Å²) in [4.78, 5) is 30.1. The Bertz CT molecular complexity index is 1170. The number of amidine groups is 1. The Morgan fingerprint density at radius 2 is 2.09 bits per heavy atom. The van der Waals surface area contributed by atoms with Crippen LogP contribution in [0.25, 0.3) is 11.5 Å². The van der Waals surface area contributed by atoms with Crippen molar-refractivity contribution < 1.29 is 32.3 Å². The third-order valence-electron chi connectivity index (χ3n) is 4.95. The van der Waals surface area contributed by atoms with Gasteiger partial charge in [0.2, 0.25) is 11.8 Å². The molecule has 2 aromatic rings. The molecule has 1 fully saturated rings. The lowest BCUT2D eigenvalue weighted by Gasteiger charge is -2.21. The standard InChI is InChI=1S/C22H25F3N6O4/c1-12-4-13(6-14(5-12)28-10-22(23,24)25)20-30-16(9-35-20)19(33)29-15(8-27-3)18(26)31-11-21(2,34)7-17(31)32/h4-6,8-9,26-28,34H,7,10-11H2,1-3H3,(H,29,33)/b15-8+,26-18?. The molecule has 2 amide bonds. The number of nitrogens with one attached hydrogen (secondary N) is 4. The van der Waals surface area contributed by atoms with Crippen LogP contribution in [0.2, 0.25) is 0 Å². The molecule has 3 rings (SSSR count). The van der Waals surface area contributed by atoms with E-state index in [0.717, 1.165) is 11.2 Å². The molecule has 1 aromatic heterocycles. The number of rotatable bonds is 7. The van der Waals surface area contributed by atoms with Gasteiger partial charge in [-0.05, 0) is 37.6 Å². The molecule has 0 bridgehead atoms. The first-order valence-corrected chi connectivity index (χ1v) is 10.5. The van der Waals surface area contributed by atoms with Gasteiger partial charge in [0.25, 0.3) is 5.91 Å². The molecule has 0 spiro atoms. The van der Waals surface area contributed by atoms with E-state index in [1.165, 1.54) is 32.3 Å². The summed E-state index contributed by atoms with van der Waals surface area (Å²) in [6, 6.07) is 4.58. The Morgan fingerprint density at radius 3 is 2.69 bits per heavy atom. The Balaban J connectivity index is 1.76. The molecule has 13 heteroatoms. The highest BCUT2D eigenvalue weighted by atomic mass is 19.4. The first kappa shape index (κ1) is 25.7. The molecule has 0 aliphatic carbocycles. The minimum absolute atomic E-state index is 0.00824. The highest BCUT2D eigenvalue weighted by molar-refractivity contribution is 6.10. The minimum atomic E-state index is -4.39. The zero-order valence-corrected chi connectivity index (χ0v) is 19.2. The van der Waals surface area contributed by atoms with Crippen LogP contribution in [0.4, 0.5) is 18.9 Å². The lowest BCUT2D eigenvalue weighted by atomic mass is 10.1. The molecule has 0 radical (unpaired) electrons. The molecule has 1 saturated heterocycles. The Hall–Kier alpha value is -3.87. The van der Waals surface area contributed by atoms with Crippen LogP contribution >= 0.6 is 0 Å². The van der Waals surface area contributed by atoms with Crippen molar-refractivity contribution in [2.24, 2.45) is 0 Å². The predicted molar refractivity (Wildman–Crippen MR) is 121 cm³/mol. The van der Waals surface area contributed by atoms with Gasteiger partial charge < -0.3 is 25.5 Å². The number of carbonyl (C=O) groups is 2. The van der Waals surface area contributed by atoms with Crippen molar-refractivity contribution in [1.29, 1.82) is 5.41 Å². The molecular weight excluding hydrogens is 469 g/mol. The summed E-state index contributed by atoms with van der Waals surface area (Å²) in [6.45, 7) is 1.85. The lowest BCUT2D eigenvalue weighted by molar-refractivity contribution is -0.125. The molecule has 1 atom stereocenters. The monoisotopic (exact) mass is 494 g/mol. The van der Waals surface area contributed by atoms with Crippen molar-refractivity contribution in [2.75, 3.05) is 25.5 Å². The van der Waals surface area contributed by atoms with E-state index < -0.39 is 30.1 Å². The van der Waals surface area contributed by atoms with Gasteiger partial charge in [0.15, 0.2) is 11.5 Å². The first-order chi connectivity index (χ1) is 16.3. The van der Waals surface area contributed by atoms with Crippen molar-refractivity contribution in [3.63, 3.8) is 0 Å². The van der Waals surface area contributed by atoms with Gasteiger partial charge in [-0.3, -0.25) is 19.9 Å². The van der Waals surface area contributed by atoms with Crippen LogP contribution in [0.3, 0.4) is 0 Å². The van der Waals surface area contributed by atoms with Gasteiger partial charge in [0.1, 0.15) is 12.8 Å². The second kappa shape index (κ2) is 9.78. The van der Waals surface area contributed by atoms with E-state index in [1.807, 2.05) is 0 Å². The van der Waals surface area contributed by atoms with Crippen LogP contribution in [0.5, 0.6) is 0 Å². The third kappa shape index (κ3) is 6.59. The van der Waals surface area contributed by atoms with Gasteiger partial charge in [-0.25, -0.2) is 4.98 Å². The van der Waals surface area contributed by atoms with E-state index >= 15 is 0 Å². The van der Waals surface area contributed by atoms with Crippen molar-refractivity contribution in [2.45, 2.75) is 32.0 Å². The van der Waals surface area contributed by atoms with Crippen LogP contribution in [0, 0.1) is 12.3 Å². The molecule has 188 valence electrons. The van der Waals surface area contributed by atoms with E-state index in [9.17, 15) is 27.9 Å². The maximum absolute atomic E-state index is 12.8. The van der Waals surface area contributed by atoms with Crippen LogP contribution in [0.1, 0.15) is 29.4 Å². The van der Waals surface area contributed by atoms with Crippen molar-refractivity contribution in [3.8, 4) is 11.5 Å². The summed E-state index contributed by atoms with van der Waals surface area (Å²) in [5.41, 5.74) is -0.267. The minimum Gasteiger partial charge on any atom is -0.444 e. The SMILES string of the molecule is CN/C=C(/NC(=O)c1coc(-c2cc(C)cc(NCC(F)(F)F)c2)n1)C(=N)N1CC(C)(O)CC1=O. The number of hydrogen-bond donors (Lipinski definition) is 5. The Labute approximate surface area is 198 Å². The summed E-state index contributed by atoms with van der Waals surface area (Å²) in [7, 11) is 1.54. The number of aliphatic hydroxyl groups is 1. The number of alkyl halides is 3. The fourth-order valence-corrected chi connectivity index (χ4v) is 3.47. The number of carbonyl (C=O) groups excluding carboxylic acids is 2. The van der Waals surface area contributed by atoms with E-state index in [2.05, 4.69) is 20.9 Å². The molecule has 10 nitrogen and oxygen atoms in total. The zero-order valence-electron chi connectivity index (χ0n) is 19.2. The number of amides is 2. The van der Waals surface area contributed by atoms with E-state index in [4.69, 9.17) is 9.83 Å². The molecule has 2 heterocycles. The number of nitrogens with zero attached hydrogens (tertiary/aromatic N) is 2. The van der Waals surface area contributed by atoms with E-state index in [-0.39, 0.29) is 41.8 Å². The fraction of sp³-hybridized carbons (Fsp3) is 0.364. The highest BCUT2D eigenvalue weighted by Crippen LogP contribution is 2.26. The summed E-state index contributed by atoms with van der Waals surface area (Å²) in [6.07, 6.45) is -2.16. The number of benzene rings is 1. The maximum atomic E-state index is 12.8. The van der Waals surface area contributed by atoms with Gasteiger partial charge in [-0.2, -0.15) is 13.2 Å². The van der Waals surface area contributed by atoms with E-state index in [1.54, 1.807) is 13.0 Å². The van der Waals surface area contributed by atoms with Gasteiger partial charge in [0.05, 0.1) is 24.3 Å². The van der Waals surface area contributed by atoms with Gasteiger partial charge in [0, 0.05) is 24.5 Å². The Kier molecular flexibility index (Phi) is 7.19.